The summed E-state index contributed by atoms with van der Waals surface area (Å²) in [5.41, 5.74) is 7.06. The van der Waals surface area contributed by atoms with Crippen LogP contribution in [0.15, 0.2) is 24.3 Å². The van der Waals surface area contributed by atoms with Crippen molar-refractivity contribution in [2.75, 3.05) is 20.1 Å². The van der Waals surface area contributed by atoms with E-state index >= 15 is 0 Å². The zero-order valence-electron chi connectivity index (χ0n) is 11.6. The van der Waals surface area contributed by atoms with Gasteiger partial charge in [-0.2, -0.15) is 0 Å². The molecule has 1 aromatic carbocycles. The quantitative estimate of drug-likeness (QED) is 0.860. The first-order valence-corrected chi connectivity index (χ1v) is 6.96. The number of nitrogens with two attached hydrogens (primary N) is 1. The first-order chi connectivity index (χ1) is 9.16. The Bertz CT molecular complexity index is 425. The summed E-state index contributed by atoms with van der Waals surface area (Å²) < 4.78 is 0. The van der Waals surface area contributed by atoms with Gasteiger partial charge < -0.3 is 11.1 Å². The molecule has 3 N–H and O–H groups in total. The predicted molar refractivity (Wildman–Crippen MR) is 76.9 cm³/mol. The van der Waals surface area contributed by atoms with E-state index in [1.807, 2.05) is 12.1 Å². The summed E-state index contributed by atoms with van der Waals surface area (Å²) in [6, 6.07) is 8.23. The third kappa shape index (κ3) is 4.04. The lowest BCUT2D eigenvalue weighted by Gasteiger charge is -2.27. The summed E-state index contributed by atoms with van der Waals surface area (Å²) in [7, 11) is 2.16. The molecular formula is C15H23N3O. The van der Waals surface area contributed by atoms with Gasteiger partial charge in [0.1, 0.15) is 0 Å². The lowest BCUT2D eigenvalue weighted by molar-refractivity contribution is 0.1000. The molecule has 0 aliphatic carbocycles. The molecule has 1 saturated heterocycles. The van der Waals surface area contributed by atoms with E-state index in [4.69, 9.17) is 5.73 Å². The standard InChI is InChI=1S/C15H23N3O/c1-18(14-6-3-8-17-9-7-14)11-12-4-2-5-13(10-12)15(16)19/h2,4-5,10,14,17H,3,6-9,11H2,1H3,(H2,16,19). The Morgan fingerprint density at radius 2 is 2.26 bits per heavy atom. The number of benzene rings is 1. The van der Waals surface area contributed by atoms with Gasteiger partial charge in [-0.05, 0) is 57.1 Å². The second-order valence-corrected chi connectivity index (χ2v) is 5.31. The van der Waals surface area contributed by atoms with Crippen molar-refractivity contribution in [1.82, 2.24) is 10.2 Å². The highest BCUT2D eigenvalue weighted by Gasteiger charge is 2.16. The maximum Gasteiger partial charge on any atom is 0.248 e. The smallest absolute Gasteiger partial charge is 0.248 e. The summed E-state index contributed by atoms with van der Waals surface area (Å²) in [6.45, 7) is 3.09. The van der Waals surface area contributed by atoms with Crippen LogP contribution in [0.4, 0.5) is 0 Å². The Labute approximate surface area is 115 Å². The number of hydrogen-bond donors (Lipinski definition) is 2. The Morgan fingerprint density at radius 1 is 1.42 bits per heavy atom. The van der Waals surface area contributed by atoms with Crippen molar-refractivity contribution in [3.8, 4) is 0 Å². The molecule has 1 aliphatic rings. The molecule has 1 aliphatic heterocycles. The minimum atomic E-state index is -0.358. The van der Waals surface area contributed by atoms with E-state index in [1.165, 1.54) is 19.3 Å². The van der Waals surface area contributed by atoms with Crippen molar-refractivity contribution in [2.45, 2.75) is 31.8 Å². The molecule has 0 bridgehead atoms. The zero-order chi connectivity index (χ0) is 13.7. The van der Waals surface area contributed by atoms with E-state index < -0.39 is 0 Å². The molecule has 0 radical (unpaired) electrons. The number of nitrogens with one attached hydrogen (secondary N) is 1. The number of hydrogen-bond acceptors (Lipinski definition) is 3. The second kappa shape index (κ2) is 6.68. The molecule has 19 heavy (non-hydrogen) atoms. The molecular weight excluding hydrogens is 238 g/mol. The number of carbonyl (C=O) groups is 1. The van der Waals surface area contributed by atoms with E-state index in [0.29, 0.717) is 11.6 Å². The molecule has 0 spiro atoms. The van der Waals surface area contributed by atoms with Gasteiger partial charge in [0.15, 0.2) is 0 Å². The molecule has 1 fully saturated rings. The van der Waals surface area contributed by atoms with Crippen molar-refractivity contribution in [3.63, 3.8) is 0 Å². The number of rotatable bonds is 4. The Morgan fingerprint density at radius 3 is 3.05 bits per heavy atom. The van der Waals surface area contributed by atoms with Crippen LogP contribution in [-0.2, 0) is 6.54 Å². The Balaban J connectivity index is 1.99. The largest absolute Gasteiger partial charge is 0.366 e. The van der Waals surface area contributed by atoms with E-state index in [0.717, 1.165) is 25.2 Å². The van der Waals surface area contributed by atoms with Crippen molar-refractivity contribution < 1.29 is 4.79 Å². The number of amides is 1. The fraction of sp³-hybridized carbons (Fsp3) is 0.533. The first kappa shape index (κ1) is 14.0. The fourth-order valence-corrected chi connectivity index (χ4v) is 2.68. The van der Waals surface area contributed by atoms with E-state index in [1.54, 1.807) is 6.07 Å². The van der Waals surface area contributed by atoms with Gasteiger partial charge in [-0.15, -0.1) is 0 Å². The van der Waals surface area contributed by atoms with Gasteiger partial charge in [0.05, 0.1) is 0 Å². The molecule has 4 nitrogen and oxygen atoms in total. The van der Waals surface area contributed by atoms with Crippen LogP contribution in [0.25, 0.3) is 0 Å². The van der Waals surface area contributed by atoms with Gasteiger partial charge >= 0.3 is 0 Å². The number of nitrogens with zero attached hydrogens (tertiary/aromatic N) is 1. The van der Waals surface area contributed by atoms with Crippen molar-refractivity contribution in [1.29, 1.82) is 0 Å². The second-order valence-electron chi connectivity index (χ2n) is 5.31. The fourth-order valence-electron chi connectivity index (χ4n) is 2.68. The van der Waals surface area contributed by atoms with Gasteiger partial charge in [0.25, 0.3) is 0 Å². The molecule has 2 rings (SSSR count). The molecule has 1 unspecified atom stereocenters. The predicted octanol–water partition coefficient (Wildman–Crippen LogP) is 1.36. The topological polar surface area (TPSA) is 58.4 Å². The van der Waals surface area contributed by atoms with E-state index in [9.17, 15) is 4.79 Å². The van der Waals surface area contributed by atoms with Crippen LogP contribution in [0, 0.1) is 0 Å². The average molecular weight is 261 g/mol. The minimum Gasteiger partial charge on any atom is -0.366 e. The third-order valence-electron chi connectivity index (χ3n) is 3.81. The first-order valence-electron chi connectivity index (χ1n) is 6.96. The number of carbonyl (C=O) groups excluding carboxylic acids is 1. The molecule has 0 saturated carbocycles. The summed E-state index contributed by atoms with van der Waals surface area (Å²) in [6.07, 6.45) is 3.65. The monoisotopic (exact) mass is 261 g/mol. The van der Waals surface area contributed by atoms with Gasteiger partial charge in [0, 0.05) is 18.2 Å². The zero-order valence-corrected chi connectivity index (χ0v) is 11.6. The van der Waals surface area contributed by atoms with Crippen molar-refractivity contribution in [2.24, 2.45) is 5.73 Å². The van der Waals surface area contributed by atoms with Crippen molar-refractivity contribution >= 4 is 5.91 Å². The molecule has 0 aromatic heterocycles. The molecule has 1 aromatic rings. The van der Waals surface area contributed by atoms with E-state index in [-0.39, 0.29) is 5.91 Å². The van der Waals surface area contributed by atoms with Gasteiger partial charge in [-0.1, -0.05) is 12.1 Å². The van der Waals surface area contributed by atoms with Crippen LogP contribution in [0.1, 0.15) is 35.2 Å². The average Bonchev–Trinajstić information content (AvgIpc) is 2.68. The van der Waals surface area contributed by atoms with Gasteiger partial charge in [-0.3, -0.25) is 9.69 Å². The SMILES string of the molecule is CN(Cc1cccc(C(N)=O)c1)C1CCCNCC1. The highest BCUT2D eigenvalue weighted by atomic mass is 16.1. The maximum absolute atomic E-state index is 11.2. The third-order valence-corrected chi connectivity index (χ3v) is 3.81. The van der Waals surface area contributed by atoms with E-state index in [2.05, 4.69) is 23.3 Å². The highest BCUT2D eigenvalue weighted by molar-refractivity contribution is 5.92. The van der Waals surface area contributed by atoms with Gasteiger partial charge in [0.2, 0.25) is 5.91 Å². The van der Waals surface area contributed by atoms with Crippen molar-refractivity contribution in [3.05, 3.63) is 35.4 Å². The van der Waals surface area contributed by atoms with Crippen LogP contribution in [0.2, 0.25) is 0 Å². The molecule has 4 heteroatoms. The van der Waals surface area contributed by atoms with Crippen LogP contribution < -0.4 is 11.1 Å². The maximum atomic E-state index is 11.2. The Hall–Kier alpha value is -1.39. The van der Waals surface area contributed by atoms with Crippen LogP contribution >= 0.6 is 0 Å². The molecule has 1 atom stereocenters. The van der Waals surface area contributed by atoms with Crippen LogP contribution in [0.5, 0.6) is 0 Å². The van der Waals surface area contributed by atoms with Crippen LogP contribution in [-0.4, -0.2) is 37.0 Å². The molecule has 104 valence electrons. The summed E-state index contributed by atoms with van der Waals surface area (Å²) in [5, 5.41) is 3.43. The Kier molecular flexibility index (Phi) is 4.93. The summed E-state index contributed by atoms with van der Waals surface area (Å²) >= 11 is 0. The number of primary amides is 1. The minimum absolute atomic E-state index is 0.358. The normalized spacial score (nSPS) is 20.2. The van der Waals surface area contributed by atoms with Crippen LogP contribution in [0.3, 0.4) is 0 Å². The summed E-state index contributed by atoms with van der Waals surface area (Å²) in [5.74, 6) is -0.358. The molecule has 1 amide bonds. The lowest BCUT2D eigenvalue weighted by atomic mass is 10.1. The summed E-state index contributed by atoms with van der Waals surface area (Å²) in [4.78, 5) is 13.6. The van der Waals surface area contributed by atoms with Gasteiger partial charge in [-0.25, -0.2) is 0 Å². The molecule has 1 heterocycles. The highest BCUT2D eigenvalue weighted by Crippen LogP contribution is 2.15. The lowest BCUT2D eigenvalue weighted by Crippen LogP contribution is -2.32.